The molecule has 0 saturated carbocycles. The number of ether oxygens (including phenoxy) is 1. The highest BCUT2D eigenvalue weighted by molar-refractivity contribution is 7.89. The first-order valence-electron chi connectivity index (χ1n) is 4.76. The normalized spacial score (nSPS) is 13.5. The Morgan fingerprint density at radius 3 is 2.60 bits per heavy atom. The second-order valence-electron chi connectivity index (χ2n) is 3.20. The summed E-state index contributed by atoms with van der Waals surface area (Å²) in [5.74, 6) is -0.776. The van der Waals surface area contributed by atoms with Crippen molar-refractivity contribution in [2.24, 2.45) is 5.73 Å². The smallest absolute Gasteiger partial charge is 0.306 e. The molecule has 0 spiro atoms. The summed E-state index contributed by atoms with van der Waals surface area (Å²) in [6.07, 6.45) is -0.137. The van der Waals surface area contributed by atoms with E-state index < -0.39 is 16.0 Å². The highest BCUT2D eigenvalue weighted by Crippen LogP contribution is 1.93. The van der Waals surface area contributed by atoms with Gasteiger partial charge in [0.2, 0.25) is 10.0 Å². The largest absolute Gasteiger partial charge is 0.466 e. The van der Waals surface area contributed by atoms with E-state index in [0.29, 0.717) is 0 Å². The third kappa shape index (κ3) is 8.34. The van der Waals surface area contributed by atoms with Crippen LogP contribution >= 0.6 is 0 Å². The summed E-state index contributed by atoms with van der Waals surface area (Å²) in [5.41, 5.74) is 5.38. The van der Waals surface area contributed by atoms with Crippen molar-refractivity contribution < 1.29 is 17.9 Å². The second-order valence-corrected chi connectivity index (χ2v) is 5.13. The van der Waals surface area contributed by atoms with Crippen LogP contribution in [0.15, 0.2) is 0 Å². The van der Waals surface area contributed by atoms with Crippen LogP contribution in [0.5, 0.6) is 0 Å². The molecular formula is C8H18N2O4S. The average Bonchev–Trinajstić information content (AvgIpc) is 2.13. The summed E-state index contributed by atoms with van der Waals surface area (Å²) < 4.78 is 29.4. The minimum absolute atomic E-state index is 0.137. The van der Waals surface area contributed by atoms with Crippen LogP contribution in [0.2, 0.25) is 0 Å². The molecule has 0 fully saturated rings. The average molecular weight is 238 g/mol. The zero-order valence-corrected chi connectivity index (χ0v) is 9.84. The van der Waals surface area contributed by atoms with Gasteiger partial charge in [0, 0.05) is 12.6 Å². The fourth-order valence-corrected chi connectivity index (χ4v) is 1.88. The van der Waals surface area contributed by atoms with Crippen molar-refractivity contribution >= 4 is 16.0 Å². The van der Waals surface area contributed by atoms with Gasteiger partial charge in [-0.25, -0.2) is 13.1 Å². The molecular weight excluding hydrogens is 220 g/mol. The molecule has 3 N–H and O–H groups in total. The second kappa shape index (κ2) is 6.76. The molecule has 0 saturated heterocycles. The van der Waals surface area contributed by atoms with Gasteiger partial charge < -0.3 is 10.5 Å². The Morgan fingerprint density at radius 2 is 2.13 bits per heavy atom. The quantitative estimate of drug-likeness (QED) is 0.566. The molecule has 0 aromatic carbocycles. The molecule has 7 heteroatoms. The number of sulfonamides is 1. The number of hydrogen-bond acceptors (Lipinski definition) is 5. The summed E-state index contributed by atoms with van der Waals surface area (Å²) in [6.45, 7) is 3.78. The fourth-order valence-electron chi connectivity index (χ4n) is 0.781. The van der Waals surface area contributed by atoms with Gasteiger partial charge >= 0.3 is 5.97 Å². The van der Waals surface area contributed by atoms with Gasteiger partial charge in [-0.1, -0.05) is 0 Å². The molecule has 0 heterocycles. The van der Waals surface area contributed by atoms with Crippen LogP contribution in [0.4, 0.5) is 0 Å². The van der Waals surface area contributed by atoms with E-state index in [9.17, 15) is 13.2 Å². The van der Waals surface area contributed by atoms with Gasteiger partial charge in [-0.05, 0) is 13.8 Å². The summed E-state index contributed by atoms with van der Waals surface area (Å²) in [5, 5.41) is 0. The Kier molecular flexibility index (Phi) is 6.46. The Labute approximate surface area is 90.2 Å². The molecule has 15 heavy (non-hydrogen) atoms. The minimum Gasteiger partial charge on any atom is -0.466 e. The predicted octanol–water partition coefficient (Wildman–Crippen LogP) is -0.794. The van der Waals surface area contributed by atoms with Gasteiger partial charge in [0.15, 0.2) is 0 Å². The maximum atomic E-state index is 11.3. The van der Waals surface area contributed by atoms with Gasteiger partial charge in [0.05, 0.1) is 18.8 Å². The van der Waals surface area contributed by atoms with Gasteiger partial charge in [-0.2, -0.15) is 0 Å². The standard InChI is InChI=1S/C8H18N2O4S/c1-3-14-8(11)4-5-15(12,13)10-6-7(2)9/h7,10H,3-6,9H2,1-2H3. The molecule has 1 atom stereocenters. The van der Waals surface area contributed by atoms with Crippen molar-refractivity contribution in [2.75, 3.05) is 18.9 Å². The lowest BCUT2D eigenvalue weighted by molar-refractivity contribution is -0.142. The summed E-state index contributed by atoms with van der Waals surface area (Å²) >= 11 is 0. The third-order valence-corrected chi connectivity index (χ3v) is 2.85. The molecule has 0 bridgehead atoms. The first-order chi connectivity index (χ1) is 6.87. The molecule has 0 amide bonds. The highest BCUT2D eigenvalue weighted by Gasteiger charge is 2.13. The third-order valence-electron chi connectivity index (χ3n) is 1.51. The van der Waals surface area contributed by atoms with E-state index in [0.717, 1.165) is 0 Å². The van der Waals surface area contributed by atoms with Gasteiger partial charge in [0.25, 0.3) is 0 Å². The van der Waals surface area contributed by atoms with Crippen molar-refractivity contribution in [3.05, 3.63) is 0 Å². The summed E-state index contributed by atoms with van der Waals surface area (Å²) in [6, 6.07) is -0.248. The van der Waals surface area contributed by atoms with E-state index in [1.807, 2.05) is 0 Å². The number of nitrogens with one attached hydrogen (secondary N) is 1. The zero-order valence-electron chi connectivity index (χ0n) is 9.02. The van der Waals surface area contributed by atoms with Crippen molar-refractivity contribution in [1.29, 1.82) is 0 Å². The Morgan fingerprint density at radius 1 is 1.53 bits per heavy atom. The minimum atomic E-state index is -3.42. The molecule has 0 rings (SSSR count). The lowest BCUT2D eigenvalue weighted by Gasteiger charge is -2.08. The van der Waals surface area contributed by atoms with Crippen LogP contribution in [0.3, 0.4) is 0 Å². The lowest BCUT2D eigenvalue weighted by Crippen LogP contribution is -2.36. The van der Waals surface area contributed by atoms with Crippen LogP contribution in [-0.4, -0.2) is 39.3 Å². The summed E-state index contributed by atoms with van der Waals surface area (Å²) in [4.78, 5) is 10.9. The SMILES string of the molecule is CCOC(=O)CCS(=O)(=O)NCC(C)N. The van der Waals surface area contributed by atoms with Crippen LogP contribution in [0.25, 0.3) is 0 Å². The molecule has 0 aromatic rings. The number of hydrogen-bond donors (Lipinski definition) is 2. The monoisotopic (exact) mass is 238 g/mol. The van der Waals surface area contributed by atoms with Crippen LogP contribution in [-0.2, 0) is 19.6 Å². The number of rotatable bonds is 7. The van der Waals surface area contributed by atoms with Gasteiger partial charge in [-0.3, -0.25) is 4.79 Å². The van der Waals surface area contributed by atoms with Crippen LogP contribution in [0, 0.1) is 0 Å². The fraction of sp³-hybridized carbons (Fsp3) is 0.875. The lowest BCUT2D eigenvalue weighted by atomic mass is 10.4. The molecule has 0 aliphatic heterocycles. The highest BCUT2D eigenvalue weighted by atomic mass is 32.2. The van der Waals surface area contributed by atoms with E-state index in [1.54, 1.807) is 13.8 Å². The molecule has 0 aliphatic carbocycles. The van der Waals surface area contributed by atoms with Crippen molar-refractivity contribution in [2.45, 2.75) is 26.3 Å². The number of carbonyl (C=O) groups excluding carboxylic acids is 1. The molecule has 90 valence electrons. The van der Waals surface area contributed by atoms with Crippen LogP contribution < -0.4 is 10.5 Å². The number of esters is 1. The Bertz CT molecular complexity index is 287. The van der Waals surface area contributed by atoms with E-state index in [4.69, 9.17) is 5.73 Å². The number of carbonyl (C=O) groups is 1. The van der Waals surface area contributed by atoms with Crippen LogP contribution in [0.1, 0.15) is 20.3 Å². The molecule has 0 aliphatic rings. The van der Waals surface area contributed by atoms with Gasteiger partial charge in [-0.15, -0.1) is 0 Å². The molecule has 0 aromatic heterocycles. The first kappa shape index (κ1) is 14.3. The summed E-state index contributed by atoms with van der Waals surface area (Å²) in [7, 11) is -3.42. The molecule has 0 radical (unpaired) electrons. The maximum absolute atomic E-state index is 11.3. The van der Waals surface area contributed by atoms with Gasteiger partial charge in [0.1, 0.15) is 0 Å². The molecule has 1 unspecified atom stereocenters. The first-order valence-corrected chi connectivity index (χ1v) is 6.41. The van der Waals surface area contributed by atoms with E-state index in [1.165, 1.54) is 0 Å². The van der Waals surface area contributed by atoms with E-state index in [-0.39, 0.29) is 31.4 Å². The number of nitrogens with two attached hydrogens (primary N) is 1. The molecule has 6 nitrogen and oxygen atoms in total. The van der Waals surface area contributed by atoms with E-state index >= 15 is 0 Å². The maximum Gasteiger partial charge on any atom is 0.306 e. The zero-order chi connectivity index (χ0) is 11.9. The Hall–Kier alpha value is -0.660. The van der Waals surface area contributed by atoms with Crippen molar-refractivity contribution in [1.82, 2.24) is 4.72 Å². The van der Waals surface area contributed by atoms with Crippen molar-refractivity contribution in [3.8, 4) is 0 Å². The topological polar surface area (TPSA) is 98.5 Å². The van der Waals surface area contributed by atoms with Crippen molar-refractivity contribution in [3.63, 3.8) is 0 Å². The predicted molar refractivity (Wildman–Crippen MR) is 56.7 cm³/mol. The Balaban J connectivity index is 3.89. The van der Waals surface area contributed by atoms with E-state index in [2.05, 4.69) is 9.46 Å².